The average Bonchev–Trinajstić information content (AvgIpc) is 2.85. The number of halogens is 2. The van der Waals surface area contributed by atoms with Crippen LogP contribution in [0.25, 0.3) is 0 Å². The number of hydrogen-bond acceptors (Lipinski definition) is 5. The number of ether oxygens (including phenoxy) is 2. The molecule has 0 spiro atoms. The molecule has 1 amide bonds. The van der Waals surface area contributed by atoms with Gasteiger partial charge in [-0.15, -0.1) is 0 Å². The fourth-order valence-corrected chi connectivity index (χ4v) is 4.67. The molecule has 0 atom stereocenters. The van der Waals surface area contributed by atoms with E-state index in [-0.39, 0.29) is 6.73 Å². The average molecular weight is 508 g/mol. The number of hydrogen-bond donors (Lipinski definition) is 0. The number of methoxy groups -OCH3 is 1. The molecule has 2 aromatic rings. The van der Waals surface area contributed by atoms with E-state index in [1.807, 2.05) is 36.4 Å². The molecule has 0 aromatic heterocycles. The van der Waals surface area contributed by atoms with Gasteiger partial charge in [0.2, 0.25) is 6.41 Å². The van der Waals surface area contributed by atoms with Gasteiger partial charge >= 0.3 is 0 Å². The van der Waals surface area contributed by atoms with Gasteiger partial charge in [0.15, 0.2) is 0 Å². The molecule has 1 saturated heterocycles. The number of carbonyl (C=O) groups excluding carboxylic acids is 1. The number of nitrogens with zero attached hydrogens (tertiary/aromatic N) is 3. The van der Waals surface area contributed by atoms with Gasteiger partial charge in [-0.1, -0.05) is 48.7 Å². The Balaban J connectivity index is 1.42. The Labute approximate surface area is 213 Å². The van der Waals surface area contributed by atoms with Crippen LogP contribution in [0.15, 0.2) is 36.4 Å². The monoisotopic (exact) mass is 507 g/mol. The lowest BCUT2D eigenvalue weighted by Gasteiger charge is -2.36. The van der Waals surface area contributed by atoms with E-state index in [1.165, 1.54) is 0 Å². The van der Waals surface area contributed by atoms with Gasteiger partial charge in [0.05, 0.1) is 28.0 Å². The van der Waals surface area contributed by atoms with Crippen molar-refractivity contribution in [1.82, 2.24) is 4.90 Å². The molecule has 0 aliphatic carbocycles. The zero-order valence-electron chi connectivity index (χ0n) is 20.1. The van der Waals surface area contributed by atoms with Crippen molar-refractivity contribution in [3.05, 3.63) is 52.0 Å². The number of unbranched alkanes of at least 4 members (excludes halogenated alkanes) is 1. The van der Waals surface area contributed by atoms with Crippen molar-refractivity contribution < 1.29 is 14.3 Å². The summed E-state index contributed by atoms with van der Waals surface area (Å²) in [6.45, 7) is 7.95. The number of carbonyl (C=O) groups is 1. The first-order chi connectivity index (χ1) is 16.6. The van der Waals surface area contributed by atoms with E-state index in [2.05, 4.69) is 16.7 Å². The van der Waals surface area contributed by atoms with Crippen LogP contribution in [-0.4, -0.2) is 64.5 Å². The first-order valence-corrected chi connectivity index (χ1v) is 12.7. The second-order valence-electron chi connectivity index (χ2n) is 8.49. The molecule has 0 saturated carbocycles. The number of piperazine rings is 1. The first-order valence-electron chi connectivity index (χ1n) is 11.9. The second-order valence-corrected chi connectivity index (χ2v) is 9.28. The molecule has 1 heterocycles. The molecule has 0 unspecified atom stereocenters. The summed E-state index contributed by atoms with van der Waals surface area (Å²) >= 11 is 12.5. The third-order valence-electron chi connectivity index (χ3n) is 6.06. The van der Waals surface area contributed by atoms with Gasteiger partial charge in [-0.3, -0.25) is 14.6 Å². The molecule has 0 radical (unpaired) electrons. The molecule has 1 fully saturated rings. The summed E-state index contributed by atoms with van der Waals surface area (Å²) < 4.78 is 11.2. The van der Waals surface area contributed by atoms with E-state index in [0.29, 0.717) is 16.7 Å². The van der Waals surface area contributed by atoms with Crippen LogP contribution in [-0.2, 0) is 16.0 Å². The summed E-state index contributed by atoms with van der Waals surface area (Å²) in [5.74, 6) is 0.782. The number of anilines is 2. The Morgan fingerprint density at radius 3 is 2.59 bits per heavy atom. The minimum atomic E-state index is 0.223. The lowest BCUT2D eigenvalue weighted by molar-refractivity contribution is -0.108. The van der Waals surface area contributed by atoms with Crippen LogP contribution in [0, 0.1) is 0 Å². The minimum Gasteiger partial charge on any atom is -0.494 e. The maximum absolute atomic E-state index is 11.5. The SMILES string of the molecule is CCCc1ccc(OCCCCN2CCN(c3cccc(Cl)c3Cl)CC2)cc1N(C=O)COC. The fourth-order valence-electron chi connectivity index (χ4n) is 4.25. The zero-order valence-corrected chi connectivity index (χ0v) is 21.7. The highest BCUT2D eigenvalue weighted by atomic mass is 35.5. The standard InChI is InChI=1S/C26H35Cl2N3O3/c1-3-7-21-10-11-22(18-25(21)31(19-32)20-33-2)34-17-5-4-12-29-13-15-30(16-14-29)24-9-6-8-23(27)26(24)28/h6,8-11,18-19H,3-5,7,12-17,20H2,1-2H3. The summed E-state index contributed by atoms with van der Waals surface area (Å²) in [7, 11) is 1.59. The van der Waals surface area contributed by atoms with Gasteiger partial charge in [0.1, 0.15) is 12.5 Å². The normalized spacial score (nSPS) is 14.3. The highest BCUT2D eigenvalue weighted by Crippen LogP contribution is 2.33. The number of rotatable bonds is 13. The highest BCUT2D eigenvalue weighted by Gasteiger charge is 2.19. The summed E-state index contributed by atoms with van der Waals surface area (Å²) in [5, 5.41) is 1.24. The van der Waals surface area contributed by atoms with E-state index < -0.39 is 0 Å². The van der Waals surface area contributed by atoms with Gasteiger partial charge in [-0.05, 0) is 49.6 Å². The van der Waals surface area contributed by atoms with Crippen molar-refractivity contribution in [1.29, 1.82) is 0 Å². The molecular formula is C26H35Cl2N3O3. The number of benzene rings is 2. The maximum atomic E-state index is 11.5. The van der Waals surface area contributed by atoms with E-state index in [9.17, 15) is 4.79 Å². The van der Waals surface area contributed by atoms with Crippen molar-refractivity contribution in [2.75, 3.05) is 63.0 Å². The molecule has 2 aromatic carbocycles. The predicted octanol–water partition coefficient (Wildman–Crippen LogP) is 5.49. The summed E-state index contributed by atoms with van der Waals surface area (Å²) in [4.78, 5) is 17.9. The van der Waals surface area contributed by atoms with Crippen molar-refractivity contribution in [2.24, 2.45) is 0 Å². The van der Waals surface area contributed by atoms with Crippen molar-refractivity contribution in [2.45, 2.75) is 32.6 Å². The smallest absolute Gasteiger partial charge is 0.216 e. The Morgan fingerprint density at radius 2 is 1.88 bits per heavy atom. The molecule has 0 N–H and O–H groups in total. The molecule has 186 valence electrons. The van der Waals surface area contributed by atoms with E-state index in [1.54, 1.807) is 12.0 Å². The molecular weight excluding hydrogens is 473 g/mol. The predicted molar refractivity (Wildman–Crippen MR) is 141 cm³/mol. The van der Waals surface area contributed by atoms with Crippen LogP contribution in [0.1, 0.15) is 31.7 Å². The fraction of sp³-hybridized carbons (Fsp3) is 0.500. The Hall–Kier alpha value is -1.99. The Morgan fingerprint density at radius 1 is 1.09 bits per heavy atom. The second kappa shape index (κ2) is 13.8. The van der Waals surface area contributed by atoms with Crippen molar-refractivity contribution in [3.8, 4) is 5.75 Å². The third kappa shape index (κ3) is 7.25. The van der Waals surface area contributed by atoms with Gasteiger partial charge in [0.25, 0.3) is 0 Å². The molecule has 1 aliphatic heterocycles. The van der Waals surface area contributed by atoms with Gasteiger partial charge in [0, 0.05) is 39.4 Å². The van der Waals surface area contributed by atoms with Gasteiger partial charge in [-0.25, -0.2) is 0 Å². The lowest BCUT2D eigenvalue weighted by Crippen LogP contribution is -2.46. The topological polar surface area (TPSA) is 45.2 Å². The molecule has 3 rings (SSSR count). The van der Waals surface area contributed by atoms with E-state index in [0.717, 1.165) is 87.5 Å². The van der Waals surface area contributed by atoms with Gasteiger partial charge < -0.3 is 14.4 Å². The van der Waals surface area contributed by atoms with E-state index in [4.69, 9.17) is 32.7 Å². The zero-order chi connectivity index (χ0) is 24.3. The van der Waals surface area contributed by atoms with Crippen LogP contribution >= 0.6 is 23.2 Å². The molecule has 1 aliphatic rings. The Kier molecular flexibility index (Phi) is 10.8. The quantitative estimate of drug-likeness (QED) is 0.203. The van der Waals surface area contributed by atoms with Crippen LogP contribution in [0.4, 0.5) is 11.4 Å². The lowest BCUT2D eigenvalue weighted by atomic mass is 10.1. The number of amides is 1. The van der Waals surface area contributed by atoms with Crippen LogP contribution < -0.4 is 14.5 Å². The Bertz CT molecular complexity index is 920. The van der Waals surface area contributed by atoms with Gasteiger partial charge in [-0.2, -0.15) is 0 Å². The van der Waals surface area contributed by atoms with Crippen LogP contribution in [0.5, 0.6) is 5.75 Å². The largest absolute Gasteiger partial charge is 0.494 e. The molecule has 6 nitrogen and oxygen atoms in total. The van der Waals surface area contributed by atoms with Crippen molar-refractivity contribution >= 4 is 41.0 Å². The molecule has 0 bridgehead atoms. The number of aryl methyl sites for hydroxylation is 1. The minimum absolute atomic E-state index is 0.223. The third-order valence-corrected chi connectivity index (χ3v) is 6.87. The maximum Gasteiger partial charge on any atom is 0.216 e. The molecule has 34 heavy (non-hydrogen) atoms. The summed E-state index contributed by atoms with van der Waals surface area (Å²) in [6, 6.07) is 11.8. The first kappa shape index (κ1) is 26.6. The summed E-state index contributed by atoms with van der Waals surface area (Å²) in [5.41, 5.74) is 3.00. The molecule has 8 heteroatoms. The van der Waals surface area contributed by atoms with Crippen LogP contribution in [0.2, 0.25) is 10.0 Å². The van der Waals surface area contributed by atoms with Crippen molar-refractivity contribution in [3.63, 3.8) is 0 Å². The highest BCUT2D eigenvalue weighted by molar-refractivity contribution is 6.43. The van der Waals surface area contributed by atoms with E-state index >= 15 is 0 Å². The summed E-state index contributed by atoms with van der Waals surface area (Å²) in [6.07, 6.45) is 4.76. The van der Waals surface area contributed by atoms with Crippen LogP contribution in [0.3, 0.4) is 0 Å².